The normalized spacial score (nSPS) is 10.3. The standard InChI is InChI=1S/C17H17N3O/c1-3-7-15(8-4-1)19-17-18-11-12-20(17)13-14-21-16-9-5-2-6-10-16/h1-12H,13-14H2,(H,18,19). The summed E-state index contributed by atoms with van der Waals surface area (Å²) >= 11 is 0. The Balaban J connectivity index is 1.58. The molecular weight excluding hydrogens is 262 g/mol. The SMILES string of the molecule is c1ccc(Nc2nccn2CCOc2ccccc2)cc1. The van der Waals surface area contributed by atoms with Gasteiger partial charge in [0, 0.05) is 18.1 Å². The van der Waals surface area contributed by atoms with Gasteiger partial charge in [-0.1, -0.05) is 36.4 Å². The molecule has 3 aromatic rings. The van der Waals surface area contributed by atoms with Crippen molar-refractivity contribution in [3.05, 3.63) is 73.1 Å². The third kappa shape index (κ3) is 3.63. The molecule has 106 valence electrons. The zero-order chi connectivity index (χ0) is 14.3. The zero-order valence-corrected chi connectivity index (χ0v) is 11.6. The number of ether oxygens (including phenoxy) is 1. The first-order chi connectivity index (χ1) is 10.4. The van der Waals surface area contributed by atoms with Crippen LogP contribution in [0.1, 0.15) is 0 Å². The molecule has 0 aliphatic rings. The lowest BCUT2D eigenvalue weighted by Gasteiger charge is -2.11. The summed E-state index contributed by atoms with van der Waals surface area (Å²) in [4.78, 5) is 4.33. The van der Waals surface area contributed by atoms with Crippen molar-refractivity contribution in [3.63, 3.8) is 0 Å². The average molecular weight is 279 g/mol. The van der Waals surface area contributed by atoms with Gasteiger partial charge < -0.3 is 14.6 Å². The van der Waals surface area contributed by atoms with Gasteiger partial charge in [0.2, 0.25) is 5.95 Å². The molecule has 0 aliphatic carbocycles. The summed E-state index contributed by atoms with van der Waals surface area (Å²) in [5.74, 6) is 1.70. The van der Waals surface area contributed by atoms with Crippen molar-refractivity contribution < 1.29 is 4.74 Å². The number of nitrogens with zero attached hydrogens (tertiary/aromatic N) is 2. The summed E-state index contributed by atoms with van der Waals surface area (Å²) in [5, 5.41) is 3.30. The van der Waals surface area contributed by atoms with Crippen molar-refractivity contribution in [2.24, 2.45) is 0 Å². The molecule has 0 saturated heterocycles. The molecule has 1 heterocycles. The highest BCUT2D eigenvalue weighted by Crippen LogP contribution is 2.14. The Morgan fingerprint density at radius 1 is 0.952 bits per heavy atom. The molecule has 1 N–H and O–H groups in total. The van der Waals surface area contributed by atoms with E-state index in [1.165, 1.54) is 0 Å². The average Bonchev–Trinajstić information content (AvgIpc) is 2.97. The van der Waals surface area contributed by atoms with E-state index in [0.717, 1.165) is 23.9 Å². The summed E-state index contributed by atoms with van der Waals surface area (Å²) in [7, 11) is 0. The molecule has 4 nitrogen and oxygen atoms in total. The second kappa shape index (κ2) is 6.61. The first kappa shape index (κ1) is 13.2. The number of rotatable bonds is 6. The van der Waals surface area contributed by atoms with Gasteiger partial charge in [0.05, 0.1) is 6.54 Å². The van der Waals surface area contributed by atoms with Crippen LogP contribution >= 0.6 is 0 Å². The highest BCUT2D eigenvalue weighted by molar-refractivity contribution is 5.52. The van der Waals surface area contributed by atoms with Gasteiger partial charge in [0.1, 0.15) is 12.4 Å². The second-order valence-corrected chi connectivity index (χ2v) is 4.60. The van der Waals surface area contributed by atoms with Gasteiger partial charge in [-0.2, -0.15) is 0 Å². The Morgan fingerprint density at radius 2 is 1.67 bits per heavy atom. The van der Waals surface area contributed by atoms with Crippen molar-refractivity contribution in [2.45, 2.75) is 6.54 Å². The number of nitrogens with one attached hydrogen (secondary N) is 1. The van der Waals surface area contributed by atoms with Gasteiger partial charge in [-0.25, -0.2) is 4.98 Å². The maximum Gasteiger partial charge on any atom is 0.207 e. The van der Waals surface area contributed by atoms with Crippen LogP contribution in [0.4, 0.5) is 11.6 Å². The Labute approximate surface area is 124 Å². The third-order valence-electron chi connectivity index (χ3n) is 3.09. The van der Waals surface area contributed by atoms with Crippen LogP contribution in [-0.4, -0.2) is 16.2 Å². The molecule has 0 atom stereocenters. The van der Waals surface area contributed by atoms with Crippen molar-refractivity contribution in [1.29, 1.82) is 0 Å². The van der Waals surface area contributed by atoms with Gasteiger partial charge in [0.15, 0.2) is 0 Å². The maximum atomic E-state index is 5.71. The highest BCUT2D eigenvalue weighted by Gasteiger charge is 2.03. The maximum absolute atomic E-state index is 5.71. The molecule has 3 rings (SSSR count). The summed E-state index contributed by atoms with van der Waals surface area (Å²) in [6, 6.07) is 19.8. The van der Waals surface area contributed by atoms with Crippen LogP contribution in [0, 0.1) is 0 Å². The van der Waals surface area contributed by atoms with Crippen molar-refractivity contribution >= 4 is 11.6 Å². The molecular formula is C17H17N3O. The summed E-state index contributed by atoms with van der Waals surface area (Å²) in [6.07, 6.45) is 3.73. The van der Waals surface area contributed by atoms with E-state index in [-0.39, 0.29) is 0 Å². The number of imidazole rings is 1. The van der Waals surface area contributed by atoms with Crippen LogP contribution in [0.5, 0.6) is 5.75 Å². The van der Waals surface area contributed by atoms with Gasteiger partial charge in [-0.05, 0) is 24.3 Å². The van der Waals surface area contributed by atoms with Gasteiger partial charge in [-0.15, -0.1) is 0 Å². The lowest BCUT2D eigenvalue weighted by molar-refractivity contribution is 0.299. The minimum Gasteiger partial charge on any atom is -0.492 e. The van der Waals surface area contributed by atoms with Crippen LogP contribution in [0.2, 0.25) is 0 Å². The Bertz CT molecular complexity index is 665. The van der Waals surface area contributed by atoms with Crippen molar-refractivity contribution in [1.82, 2.24) is 9.55 Å². The van der Waals surface area contributed by atoms with Crippen molar-refractivity contribution in [3.8, 4) is 5.75 Å². The molecule has 0 unspecified atom stereocenters. The predicted molar refractivity (Wildman–Crippen MR) is 83.9 cm³/mol. The van der Waals surface area contributed by atoms with E-state index in [1.54, 1.807) is 6.20 Å². The third-order valence-corrected chi connectivity index (χ3v) is 3.09. The van der Waals surface area contributed by atoms with E-state index in [9.17, 15) is 0 Å². The first-order valence-corrected chi connectivity index (χ1v) is 6.93. The van der Waals surface area contributed by atoms with Gasteiger partial charge >= 0.3 is 0 Å². The van der Waals surface area contributed by atoms with Crippen LogP contribution in [0.25, 0.3) is 0 Å². The second-order valence-electron chi connectivity index (χ2n) is 4.60. The Hall–Kier alpha value is -2.75. The molecule has 0 bridgehead atoms. The smallest absolute Gasteiger partial charge is 0.207 e. The van der Waals surface area contributed by atoms with E-state index in [0.29, 0.717) is 6.61 Å². The molecule has 1 aromatic heterocycles. The minimum atomic E-state index is 0.601. The molecule has 21 heavy (non-hydrogen) atoms. The molecule has 0 amide bonds. The first-order valence-electron chi connectivity index (χ1n) is 6.93. The van der Waals surface area contributed by atoms with E-state index in [1.807, 2.05) is 71.4 Å². The number of hydrogen-bond acceptors (Lipinski definition) is 3. The topological polar surface area (TPSA) is 39.1 Å². The highest BCUT2D eigenvalue weighted by atomic mass is 16.5. The lowest BCUT2D eigenvalue weighted by Crippen LogP contribution is -2.10. The molecule has 0 spiro atoms. The van der Waals surface area contributed by atoms with Crippen LogP contribution < -0.4 is 10.1 Å². The lowest BCUT2D eigenvalue weighted by atomic mass is 10.3. The largest absolute Gasteiger partial charge is 0.492 e. The zero-order valence-electron chi connectivity index (χ0n) is 11.6. The fourth-order valence-electron chi connectivity index (χ4n) is 2.04. The van der Waals surface area contributed by atoms with Crippen molar-refractivity contribution in [2.75, 3.05) is 11.9 Å². The van der Waals surface area contributed by atoms with Gasteiger partial charge in [0.25, 0.3) is 0 Å². The predicted octanol–water partition coefficient (Wildman–Crippen LogP) is 3.71. The molecule has 4 heteroatoms. The quantitative estimate of drug-likeness (QED) is 0.747. The van der Waals surface area contributed by atoms with E-state index >= 15 is 0 Å². The van der Waals surface area contributed by atoms with Crippen LogP contribution in [0.3, 0.4) is 0 Å². The summed E-state index contributed by atoms with van der Waals surface area (Å²) < 4.78 is 7.75. The van der Waals surface area contributed by atoms with Gasteiger partial charge in [-0.3, -0.25) is 0 Å². The number of para-hydroxylation sites is 2. The fraction of sp³-hybridized carbons (Fsp3) is 0.118. The monoisotopic (exact) mass is 279 g/mol. The van der Waals surface area contributed by atoms with E-state index < -0.39 is 0 Å². The molecule has 0 fully saturated rings. The summed E-state index contributed by atoms with van der Waals surface area (Å²) in [5.41, 5.74) is 1.02. The Kier molecular flexibility index (Phi) is 4.17. The van der Waals surface area contributed by atoms with E-state index in [4.69, 9.17) is 4.74 Å². The number of hydrogen-bond donors (Lipinski definition) is 1. The molecule has 0 radical (unpaired) electrons. The number of aromatic nitrogens is 2. The minimum absolute atomic E-state index is 0.601. The Morgan fingerprint density at radius 3 is 2.43 bits per heavy atom. The van der Waals surface area contributed by atoms with E-state index in [2.05, 4.69) is 10.3 Å². The van der Waals surface area contributed by atoms with Crippen LogP contribution in [0.15, 0.2) is 73.1 Å². The number of anilines is 2. The fourth-order valence-corrected chi connectivity index (χ4v) is 2.04. The van der Waals surface area contributed by atoms with Crippen LogP contribution in [-0.2, 0) is 6.54 Å². The summed E-state index contributed by atoms with van der Waals surface area (Å²) in [6.45, 7) is 1.34. The molecule has 0 saturated carbocycles. The number of benzene rings is 2. The molecule has 2 aromatic carbocycles. The molecule has 0 aliphatic heterocycles.